The lowest BCUT2D eigenvalue weighted by Gasteiger charge is -2.27. The van der Waals surface area contributed by atoms with Crippen molar-refractivity contribution in [3.8, 4) is 0 Å². The summed E-state index contributed by atoms with van der Waals surface area (Å²) in [6.07, 6.45) is 2.29. The van der Waals surface area contributed by atoms with Crippen LogP contribution in [-0.4, -0.2) is 18.4 Å². The minimum Gasteiger partial charge on any atom is -0.465 e. The fourth-order valence-corrected chi connectivity index (χ4v) is 1.78. The predicted octanol–water partition coefficient (Wildman–Crippen LogP) is 2.73. The van der Waals surface area contributed by atoms with Crippen molar-refractivity contribution in [3.63, 3.8) is 0 Å². The standard InChI is InChI=1S/C12H22O3/c1-5-9-10(13)12(6-2,7-3)11(14)15-8-4/h5-9H2,1-4H3. The van der Waals surface area contributed by atoms with Crippen LogP contribution < -0.4 is 0 Å². The maximum absolute atomic E-state index is 11.9. The summed E-state index contributed by atoms with van der Waals surface area (Å²) in [5, 5.41) is 0. The first kappa shape index (κ1) is 14.1. The molecule has 0 radical (unpaired) electrons. The van der Waals surface area contributed by atoms with Gasteiger partial charge in [0, 0.05) is 6.42 Å². The Kier molecular flexibility index (Phi) is 6.21. The fraction of sp³-hybridized carbons (Fsp3) is 0.833. The molecule has 15 heavy (non-hydrogen) atoms. The first-order valence-corrected chi connectivity index (χ1v) is 5.79. The summed E-state index contributed by atoms with van der Waals surface area (Å²) >= 11 is 0. The molecule has 0 saturated heterocycles. The molecular formula is C12H22O3. The molecule has 0 amide bonds. The number of carbonyl (C=O) groups is 2. The van der Waals surface area contributed by atoms with E-state index in [1.54, 1.807) is 6.92 Å². The second kappa shape index (κ2) is 6.59. The summed E-state index contributed by atoms with van der Waals surface area (Å²) < 4.78 is 5.00. The Morgan fingerprint density at radius 1 is 1.07 bits per heavy atom. The van der Waals surface area contributed by atoms with Crippen molar-refractivity contribution in [2.45, 2.75) is 53.4 Å². The van der Waals surface area contributed by atoms with E-state index in [1.165, 1.54) is 0 Å². The molecule has 0 heterocycles. The Balaban J connectivity index is 4.86. The zero-order chi connectivity index (χ0) is 11.9. The van der Waals surface area contributed by atoms with Gasteiger partial charge in [0.1, 0.15) is 11.2 Å². The van der Waals surface area contributed by atoms with Gasteiger partial charge in [0.25, 0.3) is 0 Å². The zero-order valence-electron chi connectivity index (χ0n) is 10.3. The molecule has 3 heteroatoms. The van der Waals surface area contributed by atoms with E-state index in [0.29, 0.717) is 25.9 Å². The third-order valence-corrected chi connectivity index (χ3v) is 2.88. The molecule has 0 aliphatic heterocycles. The van der Waals surface area contributed by atoms with Gasteiger partial charge in [0.2, 0.25) is 0 Å². The van der Waals surface area contributed by atoms with Gasteiger partial charge in [-0.05, 0) is 26.2 Å². The summed E-state index contributed by atoms with van der Waals surface area (Å²) in [7, 11) is 0. The highest BCUT2D eigenvalue weighted by atomic mass is 16.5. The monoisotopic (exact) mass is 214 g/mol. The Bertz CT molecular complexity index is 197. The van der Waals surface area contributed by atoms with Gasteiger partial charge >= 0.3 is 5.97 Å². The molecule has 0 aliphatic rings. The van der Waals surface area contributed by atoms with E-state index in [9.17, 15) is 9.59 Å². The smallest absolute Gasteiger partial charge is 0.319 e. The summed E-state index contributed by atoms with van der Waals surface area (Å²) in [6, 6.07) is 0. The van der Waals surface area contributed by atoms with Crippen molar-refractivity contribution in [2.24, 2.45) is 5.41 Å². The molecular weight excluding hydrogens is 192 g/mol. The van der Waals surface area contributed by atoms with Crippen molar-refractivity contribution < 1.29 is 14.3 Å². The minimum atomic E-state index is -0.897. The molecule has 0 aromatic heterocycles. The van der Waals surface area contributed by atoms with Gasteiger partial charge in [0.05, 0.1) is 6.61 Å². The minimum absolute atomic E-state index is 0.0217. The summed E-state index contributed by atoms with van der Waals surface area (Å²) in [5.41, 5.74) is -0.897. The zero-order valence-corrected chi connectivity index (χ0v) is 10.3. The second-order valence-electron chi connectivity index (χ2n) is 3.68. The SMILES string of the molecule is CCCC(=O)C(CC)(CC)C(=O)OCC. The predicted molar refractivity (Wildman–Crippen MR) is 59.6 cm³/mol. The topological polar surface area (TPSA) is 43.4 Å². The normalized spacial score (nSPS) is 11.2. The van der Waals surface area contributed by atoms with Gasteiger partial charge in [-0.25, -0.2) is 0 Å². The first-order valence-electron chi connectivity index (χ1n) is 5.79. The van der Waals surface area contributed by atoms with Gasteiger partial charge in [-0.2, -0.15) is 0 Å². The molecule has 0 N–H and O–H groups in total. The lowest BCUT2D eigenvalue weighted by molar-refractivity contribution is -0.160. The van der Waals surface area contributed by atoms with E-state index >= 15 is 0 Å². The molecule has 0 fully saturated rings. The van der Waals surface area contributed by atoms with Gasteiger partial charge in [-0.15, -0.1) is 0 Å². The third kappa shape index (κ3) is 3.05. The number of esters is 1. The van der Waals surface area contributed by atoms with Crippen LogP contribution in [0.5, 0.6) is 0 Å². The van der Waals surface area contributed by atoms with E-state index in [4.69, 9.17) is 4.74 Å². The number of hydrogen-bond donors (Lipinski definition) is 0. The lowest BCUT2D eigenvalue weighted by atomic mass is 9.77. The summed E-state index contributed by atoms with van der Waals surface area (Å²) in [4.78, 5) is 23.7. The summed E-state index contributed by atoms with van der Waals surface area (Å²) in [6.45, 7) is 7.78. The molecule has 0 aromatic carbocycles. The number of ether oxygens (including phenoxy) is 1. The van der Waals surface area contributed by atoms with E-state index < -0.39 is 5.41 Å². The maximum atomic E-state index is 11.9. The quantitative estimate of drug-likeness (QED) is 0.483. The lowest BCUT2D eigenvalue weighted by Crippen LogP contribution is -2.39. The number of ketones is 1. The van der Waals surface area contributed by atoms with E-state index in [1.807, 2.05) is 20.8 Å². The largest absolute Gasteiger partial charge is 0.465 e. The highest BCUT2D eigenvalue weighted by Gasteiger charge is 2.42. The highest BCUT2D eigenvalue weighted by Crippen LogP contribution is 2.31. The third-order valence-electron chi connectivity index (χ3n) is 2.88. The number of rotatable bonds is 7. The Hall–Kier alpha value is -0.860. The Labute approximate surface area is 92.2 Å². The molecule has 0 aliphatic carbocycles. The molecule has 88 valence electrons. The van der Waals surface area contributed by atoms with Crippen LogP contribution in [0.15, 0.2) is 0 Å². The number of carbonyl (C=O) groups excluding carboxylic acids is 2. The van der Waals surface area contributed by atoms with Crippen molar-refractivity contribution in [1.29, 1.82) is 0 Å². The van der Waals surface area contributed by atoms with Crippen LogP contribution in [0.3, 0.4) is 0 Å². The second-order valence-corrected chi connectivity index (χ2v) is 3.68. The maximum Gasteiger partial charge on any atom is 0.319 e. The molecule has 0 bridgehead atoms. The van der Waals surface area contributed by atoms with Crippen LogP contribution >= 0.6 is 0 Å². The Morgan fingerprint density at radius 3 is 1.93 bits per heavy atom. The van der Waals surface area contributed by atoms with E-state index in [0.717, 1.165) is 6.42 Å². The average Bonchev–Trinajstić information content (AvgIpc) is 2.21. The van der Waals surface area contributed by atoms with Crippen LogP contribution in [0.2, 0.25) is 0 Å². The fourth-order valence-electron chi connectivity index (χ4n) is 1.78. The van der Waals surface area contributed by atoms with Crippen LogP contribution in [0.1, 0.15) is 53.4 Å². The molecule has 0 aromatic rings. The molecule has 0 rings (SSSR count). The highest BCUT2D eigenvalue weighted by molar-refractivity contribution is 6.03. The van der Waals surface area contributed by atoms with Crippen molar-refractivity contribution in [3.05, 3.63) is 0 Å². The van der Waals surface area contributed by atoms with E-state index in [-0.39, 0.29) is 11.8 Å². The van der Waals surface area contributed by atoms with Crippen molar-refractivity contribution >= 4 is 11.8 Å². The number of hydrogen-bond acceptors (Lipinski definition) is 3. The van der Waals surface area contributed by atoms with Crippen LogP contribution in [0.25, 0.3) is 0 Å². The number of Topliss-reactive ketones (excluding diaryl/α,β-unsaturated/α-hetero) is 1. The van der Waals surface area contributed by atoms with Crippen LogP contribution in [-0.2, 0) is 14.3 Å². The average molecular weight is 214 g/mol. The van der Waals surface area contributed by atoms with Crippen molar-refractivity contribution in [1.82, 2.24) is 0 Å². The summed E-state index contributed by atoms with van der Waals surface area (Å²) in [5.74, 6) is -0.332. The molecule has 0 unspecified atom stereocenters. The molecule has 3 nitrogen and oxygen atoms in total. The van der Waals surface area contributed by atoms with Gasteiger partial charge in [0.15, 0.2) is 0 Å². The van der Waals surface area contributed by atoms with Gasteiger partial charge < -0.3 is 4.74 Å². The van der Waals surface area contributed by atoms with Gasteiger partial charge in [-0.3, -0.25) is 9.59 Å². The van der Waals surface area contributed by atoms with Crippen LogP contribution in [0.4, 0.5) is 0 Å². The molecule has 0 spiro atoms. The van der Waals surface area contributed by atoms with Gasteiger partial charge in [-0.1, -0.05) is 20.8 Å². The van der Waals surface area contributed by atoms with Crippen molar-refractivity contribution in [2.75, 3.05) is 6.61 Å². The van der Waals surface area contributed by atoms with Crippen LogP contribution in [0, 0.1) is 5.41 Å². The first-order chi connectivity index (χ1) is 7.08. The Morgan fingerprint density at radius 2 is 1.60 bits per heavy atom. The molecule has 0 saturated carbocycles. The van der Waals surface area contributed by atoms with E-state index in [2.05, 4.69) is 0 Å². The molecule has 0 atom stereocenters.